The van der Waals surface area contributed by atoms with Crippen LogP contribution in [0.5, 0.6) is 5.75 Å². The van der Waals surface area contributed by atoms with Crippen LogP contribution in [-0.4, -0.2) is 22.7 Å². The molecule has 4 aromatic rings. The largest absolute Gasteiger partial charge is 0.482 e. The molecular formula is C28H24F3NO3S3. The monoisotopic (exact) mass is 575 g/mol. The number of rotatable bonds is 10. The lowest BCUT2D eigenvalue weighted by Crippen LogP contribution is -2.10. The van der Waals surface area contributed by atoms with Crippen molar-refractivity contribution in [2.75, 3.05) is 6.61 Å². The van der Waals surface area contributed by atoms with Crippen molar-refractivity contribution in [1.29, 1.82) is 0 Å². The van der Waals surface area contributed by atoms with E-state index in [2.05, 4.69) is 6.92 Å². The molecule has 0 aliphatic carbocycles. The Morgan fingerprint density at radius 2 is 1.76 bits per heavy atom. The molecule has 4 nitrogen and oxygen atoms in total. The van der Waals surface area contributed by atoms with Crippen molar-refractivity contribution < 1.29 is 27.8 Å². The fourth-order valence-corrected chi connectivity index (χ4v) is 6.95. The second kappa shape index (κ2) is 12.3. The number of thiazole rings is 1. The van der Waals surface area contributed by atoms with Crippen LogP contribution in [0.2, 0.25) is 0 Å². The van der Waals surface area contributed by atoms with Crippen LogP contribution in [0.25, 0.3) is 10.6 Å². The first-order valence-corrected chi connectivity index (χ1v) is 14.3. The maximum Gasteiger partial charge on any atom is 0.416 e. The molecule has 198 valence electrons. The van der Waals surface area contributed by atoms with E-state index in [0.29, 0.717) is 22.1 Å². The molecule has 4 rings (SSSR count). The minimum absolute atomic E-state index is 0.0206. The molecule has 1 atom stereocenters. The highest BCUT2D eigenvalue weighted by molar-refractivity contribution is 7.99. The summed E-state index contributed by atoms with van der Waals surface area (Å²) in [6.45, 7) is 3.54. The van der Waals surface area contributed by atoms with Gasteiger partial charge in [0.2, 0.25) is 0 Å². The quantitative estimate of drug-likeness (QED) is 0.191. The molecule has 0 aliphatic rings. The Morgan fingerprint density at radius 3 is 2.39 bits per heavy atom. The van der Waals surface area contributed by atoms with Gasteiger partial charge in [0.15, 0.2) is 6.61 Å². The summed E-state index contributed by atoms with van der Waals surface area (Å²) in [4.78, 5) is 18.8. The molecule has 0 unspecified atom stereocenters. The number of aromatic nitrogens is 1. The third-order valence-corrected chi connectivity index (χ3v) is 9.10. The Labute approximate surface area is 231 Å². The van der Waals surface area contributed by atoms with Crippen LogP contribution >= 0.6 is 34.9 Å². The number of nitrogens with zero attached hydrogens (tertiary/aromatic N) is 1. The summed E-state index contributed by atoms with van der Waals surface area (Å²) in [5, 5.41) is 9.56. The van der Waals surface area contributed by atoms with Crippen LogP contribution in [0.4, 0.5) is 13.2 Å². The van der Waals surface area contributed by atoms with E-state index in [4.69, 9.17) is 14.8 Å². The maximum atomic E-state index is 13.0. The van der Waals surface area contributed by atoms with E-state index in [1.165, 1.54) is 23.5 Å². The first kappa shape index (κ1) is 28.1. The number of hydrogen-bond acceptors (Lipinski definition) is 6. The summed E-state index contributed by atoms with van der Waals surface area (Å²) in [5.41, 5.74) is 1.69. The molecule has 0 aliphatic heterocycles. The van der Waals surface area contributed by atoms with E-state index in [1.807, 2.05) is 49.4 Å². The van der Waals surface area contributed by atoms with E-state index in [0.717, 1.165) is 38.1 Å². The number of aryl methyl sites for hydroxylation is 1. The Bertz CT molecular complexity index is 1390. The molecule has 38 heavy (non-hydrogen) atoms. The number of alkyl halides is 3. The van der Waals surface area contributed by atoms with Gasteiger partial charge in [0.25, 0.3) is 0 Å². The van der Waals surface area contributed by atoms with Crippen LogP contribution in [0.1, 0.15) is 33.9 Å². The summed E-state index contributed by atoms with van der Waals surface area (Å²) in [6.07, 6.45) is -4.39. The van der Waals surface area contributed by atoms with Crippen LogP contribution < -0.4 is 4.74 Å². The van der Waals surface area contributed by atoms with Gasteiger partial charge in [0, 0.05) is 31.2 Å². The molecule has 3 aromatic carbocycles. The lowest BCUT2D eigenvalue weighted by Gasteiger charge is -2.13. The van der Waals surface area contributed by atoms with Crippen molar-refractivity contribution in [2.24, 2.45) is 0 Å². The number of hydrogen-bond donors (Lipinski definition) is 1. The van der Waals surface area contributed by atoms with Gasteiger partial charge in [-0.15, -0.1) is 34.9 Å². The van der Waals surface area contributed by atoms with Gasteiger partial charge in [-0.25, -0.2) is 9.78 Å². The predicted molar refractivity (Wildman–Crippen MR) is 147 cm³/mol. The van der Waals surface area contributed by atoms with E-state index in [9.17, 15) is 18.0 Å². The molecule has 0 saturated heterocycles. The number of aliphatic carboxylic acids is 1. The third-order valence-electron chi connectivity index (χ3n) is 5.49. The predicted octanol–water partition coefficient (Wildman–Crippen LogP) is 8.75. The van der Waals surface area contributed by atoms with Gasteiger partial charge in [0.05, 0.1) is 11.3 Å². The number of halogens is 3. The highest BCUT2D eigenvalue weighted by Gasteiger charge is 2.30. The van der Waals surface area contributed by atoms with Crippen LogP contribution in [0.15, 0.2) is 82.6 Å². The lowest BCUT2D eigenvalue weighted by molar-refractivity contribution is -0.139. The molecule has 1 N–H and O–H groups in total. The molecule has 0 bridgehead atoms. The fourth-order valence-electron chi connectivity index (χ4n) is 3.63. The van der Waals surface area contributed by atoms with Crippen molar-refractivity contribution >= 4 is 40.8 Å². The van der Waals surface area contributed by atoms with E-state index in [1.54, 1.807) is 29.6 Å². The molecule has 0 spiro atoms. The molecule has 0 fully saturated rings. The number of carboxylic acids is 1. The Kier molecular flexibility index (Phi) is 9.07. The van der Waals surface area contributed by atoms with Crippen molar-refractivity contribution in [3.05, 3.63) is 94.5 Å². The highest BCUT2D eigenvalue weighted by Crippen LogP contribution is 2.44. The molecule has 0 amide bonds. The minimum Gasteiger partial charge on any atom is -0.482 e. The van der Waals surface area contributed by atoms with Gasteiger partial charge in [-0.05, 0) is 61.9 Å². The number of ether oxygens (including phenoxy) is 1. The van der Waals surface area contributed by atoms with Gasteiger partial charge in [-0.2, -0.15) is 13.2 Å². The normalized spacial score (nSPS) is 12.3. The summed E-state index contributed by atoms with van der Waals surface area (Å²) >= 11 is 4.78. The van der Waals surface area contributed by atoms with Gasteiger partial charge >= 0.3 is 12.1 Å². The van der Waals surface area contributed by atoms with Crippen LogP contribution in [0, 0.1) is 6.92 Å². The second-order valence-electron chi connectivity index (χ2n) is 8.38. The highest BCUT2D eigenvalue weighted by atomic mass is 32.2. The molecular weight excluding hydrogens is 552 g/mol. The standard InChI is InChI=1S/C28H24F3NO3S3/c1-17-14-22(12-13-24(17)35-15-25(33)34)37-18(2)26-23(16-36-21-6-4-3-5-7-21)32-27(38-26)19-8-10-20(11-9-19)28(29,30)31/h3-14,18H,15-16H2,1-2H3,(H,33,34)/t18-/m1/s1. The van der Waals surface area contributed by atoms with E-state index >= 15 is 0 Å². The molecule has 1 aromatic heterocycles. The van der Waals surface area contributed by atoms with Gasteiger partial charge < -0.3 is 9.84 Å². The first-order valence-electron chi connectivity index (χ1n) is 11.6. The van der Waals surface area contributed by atoms with Crippen molar-refractivity contribution in [1.82, 2.24) is 4.98 Å². The SMILES string of the molecule is Cc1cc(S[C@H](C)c2sc(-c3ccc(C(F)(F)F)cc3)nc2CSc2ccccc2)ccc1OCC(=O)O. The Hall–Kier alpha value is -2.95. The molecule has 0 saturated carbocycles. The summed E-state index contributed by atoms with van der Waals surface area (Å²) in [6, 6.07) is 20.7. The van der Waals surface area contributed by atoms with E-state index in [-0.39, 0.29) is 5.25 Å². The second-order valence-corrected chi connectivity index (χ2v) is 11.9. The average molecular weight is 576 g/mol. The summed E-state index contributed by atoms with van der Waals surface area (Å²) < 4.78 is 44.5. The third kappa shape index (κ3) is 7.33. The Morgan fingerprint density at radius 1 is 1.05 bits per heavy atom. The number of carboxylic acid groups (broad SMARTS) is 1. The van der Waals surface area contributed by atoms with Gasteiger partial charge in [0.1, 0.15) is 10.8 Å². The van der Waals surface area contributed by atoms with Crippen LogP contribution in [-0.2, 0) is 16.7 Å². The van der Waals surface area contributed by atoms with Crippen molar-refractivity contribution in [3.63, 3.8) is 0 Å². The van der Waals surface area contributed by atoms with Gasteiger partial charge in [-0.1, -0.05) is 30.3 Å². The average Bonchev–Trinajstić information content (AvgIpc) is 3.31. The zero-order chi connectivity index (χ0) is 27.3. The lowest BCUT2D eigenvalue weighted by atomic mass is 10.1. The van der Waals surface area contributed by atoms with Crippen LogP contribution in [0.3, 0.4) is 0 Å². The topological polar surface area (TPSA) is 59.4 Å². The minimum atomic E-state index is -4.39. The Balaban J connectivity index is 1.58. The van der Waals surface area contributed by atoms with Crippen molar-refractivity contribution in [2.45, 2.75) is 40.8 Å². The zero-order valence-electron chi connectivity index (χ0n) is 20.5. The number of carbonyl (C=O) groups is 1. The zero-order valence-corrected chi connectivity index (χ0v) is 22.9. The van der Waals surface area contributed by atoms with E-state index < -0.39 is 24.3 Å². The van der Waals surface area contributed by atoms with Gasteiger partial charge in [-0.3, -0.25) is 0 Å². The first-order chi connectivity index (χ1) is 18.1. The maximum absolute atomic E-state index is 13.0. The molecule has 10 heteroatoms. The fraction of sp³-hybridized carbons (Fsp3) is 0.214. The molecule has 1 heterocycles. The smallest absolute Gasteiger partial charge is 0.416 e. The number of benzene rings is 3. The summed E-state index contributed by atoms with van der Waals surface area (Å²) in [5.74, 6) is 0.112. The van der Waals surface area contributed by atoms with Crippen molar-refractivity contribution in [3.8, 4) is 16.3 Å². The summed E-state index contributed by atoms with van der Waals surface area (Å²) in [7, 11) is 0. The molecule has 0 radical (unpaired) electrons. The number of thioether (sulfide) groups is 2.